The Balaban J connectivity index is 3.11. The highest BCUT2D eigenvalue weighted by Crippen LogP contribution is 2.13. The minimum Gasteiger partial charge on any atom is -0.109 e. The third kappa shape index (κ3) is 1.76. The third-order valence-corrected chi connectivity index (χ3v) is 7.53. The van der Waals surface area contributed by atoms with Crippen molar-refractivity contribution in [2.75, 3.05) is 0 Å². The van der Waals surface area contributed by atoms with Crippen LogP contribution in [0.25, 0.3) is 0 Å². The van der Waals surface area contributed by atoms with Gasteiger partial charge in [0.15, 0.2) is 0 Å². The number of hydrogen-bond donors (Lipinski definition) is 0. The zero-order valence-corrected chi connectivity index (χ0v) is 9.42. The summed E-state index contributed by atoms with van der Waals surface area (Å²) >= 11 is 3.69. The third-order valence-electron chi connectivity index (χ3n) is 1.81. The van der Waals surface area contributed by atoms with E-state index in [2.05, 4.69) is 40.6 Å². The van der Waals surface area contributed by atoms with Crippen LogP contribution >= 0.6 is 15.3 Å². The summed E-state index contributed by atoms with van der Waals surface area (Å²) in [4.78, 5) is 0. The summed E-state index contributed by atoms with van der Waals surface area (Å²) in [6.45, 7) is 5.91. The van der Waals surface area contributed by atoms with E-state index in [-0.39, 0.29) is 0 Å². The number of halogens is 1. The van der Waals surface area contributed by atoms with Crippen molar-refractivity contribution in [1.82, 2.24) is 0 Å². The molecule has 0 aliphatic carbocycles. The van der Waals surface area contributed by atoms with Crippen molar-refractivity contribution >= 4 is 27.2 Å². The van der Waals surface area contributed by atoms with Gasteiger partial charge in [-0.2, -0.15) is 0 Å². The summed E-state index contributed by atoms with van der Waals surface area (Å²) < 4.78 is 0. The van der Waals surface area contributed by atoms with Gasteiger partial charge >= 0.3 is 0 Å². The first-order valence-electron chi connectivity index (χ1n) is 3.74. The Bertz CT molecular complexity index is 271. The van der Waals surface area contributed by atoms with E-state index >= 15 is 0 Å². The smallest absolute Gasteiger partial charge is 0.109 e. The monoisotopic (exact) mass is 238 g/mol. The molecule has 2 heteroatoms. The van der Waals surface area contributed by atoms with Crippen molar-refractivity contribution < 1.29 is 0 Å². The van der Waals surface area contributed by atoms with Crippen LogP contribution in [0.5, 0.6) is 0 Å². The van der Waals surface area contributed by atoms with E-state index in [1.807, 2.05) is 29.6 Å². The van der Waals surface area contributed by atoms with Crippen LogP contribution in [-0.4, -0.2) is 6.69 Å². The molecule has 0 nitrogen and oxygen atoms in total. The maximum atomic E-state index is 3.82. The van der Waals surface area contributed by atoms with E-state index in [1.54, 1.807) is 0 Å². The second-order valence-corrected chi connectivity index (χ2v) is 9.41. The lowest BCUT2D eigenvalue weighted by Gasteiger charge is -2.15. The summed E-state index contributed by atoms with van der Waals surface area (Å²) in [5.41, 5.74) is 3.94. The summed E-state index contributed by atoms with van der Waals surface area (Å²) in [6, 6.07) is 10.3. The molecule has 0 saturated heterocycles. The first-order chi connectivity index (χ1) is 5.73. The van der Waals surface area contributed by atoms with Crippen molar-refractivity contribution in [2.45, 2.75) is 0 Å². The Hall–Kier alpha value is -0.603. The first kappa shape index (κ1) is 9.48. The van der Waals surface area contributed by atoms with Gasteiger partial charge in [-0.05, 0) is 5.19 Å². The van der Waals surface area contributed by atoms with Crippen LogP contribution in [0, 0.1) is 0 Å². The lowest BCUT2D eigenvalue weighted by Crippen LogP contribution is -2.37. The molecule has 0 N–H and O–H groups in total. The fourth-order valence-electron chi connectivity index (χ4n) is 1.01. The summed E-state index contributed by atoms with van der Waals surface area (Å²) in [7, 11) is 0. The Morgan fingerprint density at radius 3 is 2.00 bits per heavy atom. The SMILES string of the molecule is C=C[Si](Br)(C=C)c1ccccc1. The molecule has 0 radical (unpaired) electrons. The highest BCUT2D eigenvalue weighted by molar-refractivity contribution is 9.27. The number of hydrogen-bond acceptors (Lipinski definition) is 0. The zero-order chi connectivity index (χ0) is 9.03. The minimum atomic E-state index is -1.73. The molecule has 0 amide bonds. The van der Waals surface area contributed by atoms with E-state index in [1.165, 1.54) is 5.19 Å². The molecule has 62 valence electrons. The van der Waals surface area contributed by atoms with Gasteiger partial charge in [-0.25, -0.2) is 0 Å². The molecule has 0 saturated carbocycles. The fourth-order valence-corrected chi connectivity index (χ4v) is 3.15. The Kier molecular flexibility index (Phi) is 3.06. The van der Waals surface area contributed by atoms with Gasteiger partial charge in [0, 0.05) is 0 Å². The highest BCUT2D eigenvalue weighted by atomic mass is 79.9. The molecule has 0 aliphatic heterocycles. The molecule has 0 aliphatic rings. The quantitative estimate of drug-likeness (QED) is 0.562. The fraction of sp³-hybridized carbons (Fsp3) is 0. The molecular weight excluding hydrogens is 228 g/mol. The molecule has 1 aromatic carbocycles. The maximum absolute atomic E-state index is 3.82. The van der Waals surface area contributed by atoms with E-state index in [0.29, 0.717) is 0 Å². The van der Waals surface area contributed by atoms with Crippen LogP contribution in [-0.2, 0) is 0 Å². The van der Waals surface area contributed by atoms with Crippen molar-refractivity contribution in [1.29, 1.82) is 0 Å². The van der Waals surface area contributed by atoms with Gasteiger partial charge in [0.2, 0.25) is 6.69 Å². The summed E-state index contributed by atoms with van der Waals surface area (Å²) in [5.74, 6) is 0. The van der Waals surface area contributed by atoms with Gasteiger partial charge in [0.25, 0.3) is 0 Å². The van der Waals surface area contributed by atoms with Gasteiger partial charge in [-0.3, -0.25) is 0 Å². The molecule has 0 heterocycles. The molecule has 1 aromatic rings. The van der Waals surface area contributed by atoms with Crippen molar-refractivity contribution in [3.63, 3.8) is 0 Å². The second kappa shape index (κ2) is 3.87. The van der Waals surface area contributed by atoms with Crippen LogP contribution in [0.1, 0.15) is 0 Å². The van der Waals surface area contributed by atoms with Gasteiger partial charge in [0.05, 0.1) is 0 Å². The lowest BCUT2D eigenvalue weighted by atomic mass is 10.4. The van der Waals surface area contributed by atoms with Gasteiger partial charge in [-0.15, -0.1) is 28.5 Å². The van der Waals surface area contributed by atoms with Gasteiger partial charge < -0.3 is 0 Å². The zero-order valence-electron chi connectivity index (χ0n) is 6.83. The van der Waals surface area contributed by atoms with Gasteiger partial charge in [0.1, 0.15) is 0 Å². The van der Waals surface area contributed by atoms with Crippen LogP contribution in [0.4, 0.5) is 0 Å². The Morgan fingerprint density at radius 1 is 1.08 bits per heavy atom. The van der Waals surface area contributed by atoms with Gasteiger partial charge in [-0.1, -0.05) is 41.7 Å². The maximum Gasteiger partial charge on any atom is 0.206 e. The molecule has 0 fully saturated rings. The Morgan fingerprint density at radius 2 is 1.58 bits per heavy atom. The molecule has 0 aromatic heterocycles. The second-order valence-electron chi connectivity index (χ2n) is 2.54. The van der Waals surface area contributed by atoms with E-state index in [0.717, 1.165) is 0 Å². The van der Waals surface area contributed by atoms with E-state index in [4.69, 9.17) is 0 Å². The normalized spacial score (nSPS) is 10.8. The molecular formula is C10H11BrSi. The van der Waals surface area contributed by atoms with Crippen LogP contribution in [0.2, 0.25) is 0 Å². The molecule has 0 unspecified atom stereocenters. The lowest BCUT2D eigenvalue weighted by molar-refractivity contribution is 1.76. The van der Waals surface area contributed by atoms with E-state index < -0.39 is 6.69 Å². The predicted octanol–water partition coefficient (Wildman–Crippen LogP) is 2.68. The van der Waals surface area contributed by atoms with Crippen LogP contribution in [0.3, 0.4) is 0 Å². The first-order valence-corrected chi connectivity index (χ1v) is 8.16. The van der Waals surface area contributed by atoms with E-state index in [9.17, 15) is 0 Å². The minimum absolute atomic E-state index is 1.29. The average molecular weight is 239 g/mol. The van der Waals surface area contributed by atoms with Crippen molar-refractivity contribution in [3.8, 4) is 0 Å². The molecule has 0 spiro atoms. The Labute approximate surface area is 82.2 Å². The number of rotatable bonds is 3. The predicted molar refractivity (Wildman–Crippen MR) is 61.2 cm³/mol. The largest absolute Gasteiger partial charge is 0.206 e. The van der Waals surface area contributed by atoms with Crippen molar-refractivity contribution in [2.24, 2.45) is 0 Å². The van der Waals surface area contributed by atoms with Crippen LogP contribution in [0.15, 0.2) is 54.9 Å². The van der Waals surface area contributed by atoms with Crippen LogP contribution < -0.4 is 5.19 Å². The summed E-state index contributed by atoms with van der Waals surface area (Å²) in [5, 5.41) is 1.29. The summed E-state index contributed by atoms with van der Waals surface area (Å²) in [6.07, 6.45) is 0. The molecule has 0 bridgehead atoms. The highest BCUT2D eigenvalue weighted by Gasteiger charge is 2.23. The average Bonchev–Trinajstić information content (AvgIpc) is 2.18. The molecule has 12 heavy (non-hydrogen) atoms. The number of benzene rings is 1. The topological polar surface area (TPSA) is 0 Å². The van der Waals surface area contributed by atoms with Crippen molar-refractivity contribution in [3.05, 3.63) is 54.9 Å². The molecule has 1 rings (SSSR count). The standard InChI is InChI=1S/C10H11BrSi/c1-3-12(11,4-2)10-8-6-5-7-9-10/h3-9H,1-2H2. The molecule has 0 atom stereocenters.